The number of aliphatic hydroxyl groups is 1. The molecule has 0 radical (unpaired) electrons. The van der Waals surface area contributed by atoms with Gasteiger partial charge in [-0.1, -0.05) is 0 Å². The molecule has 0 bridgehead atoms. The van der Waals surface area contributed by atoms with Crippen molar-refractivity contribution in [1.29, 1.82) is 0 Å². The van der Waals surface area contributed by atoms with E-state index in [1.807, 2.05) is 0 Å². The van der Waals surface area contributed by atoms with Gasteiger partial charge in [0.2, 0.25) is 0 Å². The van der Waals surface area contributed by atoms with E-state index in [9.17, 15) is 14.7 Å². The predicted octanol–water partition coefficient (Wildman–Crippen LogP) is 0.116. The summed E-state index contributed by atoms with van der Waals surface area (Å²) in [6, 6.07) is 0. The molecule has 0 unspecified atom stereocenters. The van der Waals surface area contributed by atoms with E-state index in [4.69, 9.17) is 0 Å². The summed E-state index contributed by atoms with van der Waals surface area (Å²) in [5.74, 6) is -0.545. The minimum Gasteiger partial charge on any atom is -0.468 e. The molecule has 0 aromatic carbocycles. The van der Waals surface area contributed by atoms with Crippen molar-refractivity contribution in [3.05, 3.63) is 21.0 Å². The Morgan fingerprint density at radius 1 is 1.68 bits per heavy atom. The fourth-order valence-corrected chi connectivity index (χ4v) is 2.02. The molecule has 2 N–H and O–H groups in total. The number of halogens is 1. The SMILES string of the molecule is COC(=O)Cn1ncc(NC2(CO)CC2)c(Br)c1=O. The van der Waals surface area contributed by atoms with E-state index in [1.165, 1.54) is 13.3 Å². The molecule has 0 saturated heterocycles. The Kier molecular flexibility index (Phi) is 3.91. The third-order valence-corrected chi connectivity index (χ3v) is 3.81. The molecule has 0 atom stereocenters. The molecule has 1 saturated carbocycles. The Morgan fingerprint density at radius 2 is 2.37 bits per heavy atom. The zero-order valence-corrected chi connectivity index (χ0v) is 11.9. The molecule has 2 rings (SSSR count). The first-order chi connectivity index (χ1) is 9.01. The molecule has 1 aliphatic carbocycles. The number of ether oxygens (including phenoxy) is 1. The van der Waals surface area contributed by atoms with Crippen molar-refractivity contribution in [2.24, 2.45) is 0 Å². The number of aromatic nitrogens is 2. The van der Waals surface area contributed by atoms with Crippen molar-refractivity contribution >= 4 is 27.6 Å². The van der Waals surface area contributed by atoms with Crippen molar-refractivity contribution < 1.29 is 14.6 Å². The van der Waals surface area contributed by atoms with Crippen LogP contribution in [0.1, 0.15) is 12.8 Å². The van der Waals surface area contributed by atoms with Crippen molar-refractivity contribution in [3.8, 4) is 0 Å². The minimum atomic E-state index is -0.545. The number of methoxy groups -OCH3 is 1. The van der Waals surface area contributed by atoms with E-state index < -0.39 is 11.5 Å². The lowest BCUT2D eigenvalue weighted by atomic mass is 10.3. The highest BCUT2D eigenvalue weighted by molar-refractivity contribution is 9.10. The van der Waals surface area contributed by atoms with Gasteiger partial charge in [-0.05, 0) is 28.8 Å². The third kappa shape index (κ3) is 2.95. The van der Waals surface area contributed by atoms with Gasteiger partial charge in [0.05, 0.1) is 31.1 Å². The van der Waals surface area contributed by atoms with Crippen LogP contribution in [0.25, 0.3) is 0 Å². The van der Waals surface area contributed by atoms with E-state index in [1.54, 1.807) is 0 Å². The summed E-state index contributed by atoms with van der Waals surface area (Å²) < 4.78 is 5.78. The Bertz CT molecular complexity index is 553. The highest BCUT2D eigenvalue weighted by Gasteiger charge is 2.42. The smallest absolute Gasteiger partial charge is 0.327 e. The lowest BCUT2D eigenvalue weighted by Crippen LogP contribution is -2.31. The highest BCUT2D eigenvalue weighted by Crippen LogP contribution is 2.39. The summed E-state index contributed by atoms with van der Waals surface area (Å²) in [6.07, 6.45) is 3.15. The van der Waals surface area contributed by atoms with Gasteiger partial charge in [0.15, 0.2) is 0 Å². The molecule has 0 spiro atoms. The van der Waals surface area contributed by atoms with Gasteiger partial charge in [-0.2, -0.15) is 5.10 Å². The molecule has 1 aliphatic rings. The molecule has 0 amide bonds. The monoisotopic (exact) mass is 331 g/mol. The maximum atomic E-state index is 12.0. The second kappa shape index (κ2) is 5.30. The zero-order chi connectivity index (χ0) is 14.0. The normalized spacial score (nSPS) is 15.9. The molecule has 104 valence electrons. The number of hydrogen-bond donors (Lipinski definition) is 2. The largest absolute Gasteiger partial charge is 0.468 e. The summed E-state index contributed by atoms with van der Waals surface area (Å²) >= 11 is 3.18. The van der Waals surface area contributed by atoms with Crippen LogP contribution in [0.5, 0.6) is 0 Å². The van der Waals surface area contributed by atoms with E-state index >= 15 is 0 Å². The number of hydrogen-bond acceptors (Lipinski definition) is 6. The molecule has 19 heavy (non-hydrogen) atoms. The topological polar surface area (TPSA) is 93.5 Å². The van der Waals surface area contributed by atoms with Crippen LogP contribution in [0, 0.1) is 0 Å². The average Bonchev–Trinajstić information content (AvgIpc) is 3.18. The fraction of sp³-hybridized carbons (Fsp3) is 0.545. The summed E-state index contributed by atoms with van der Waals surface area (Å²) in [5.41, 5.74) is -0.257. The number of nitrogens with one attached hydrogen (secondary N) is 1. The minimum absolute atomic E-state index is 0.00465. The van der Waals surface area contributed by atoms with Gasteiger partial charge in [0.1, 0.15) is 11.0 Å². The first-order valence-electron chi connectivity index (χ1n) is 5.73. The maximum absolute atomic E-state index is 12.0. The number of anilines is 1. The third-order valence-electron chi connectivity index (χ3n) is 3.05. The van der Waals surface area contributed by atoms with E-state index in [-0.39, 0.29) is 23.2 Å². The number of aliphatic hydroxyl groups excluding tert-OH is 1. The number of rotatable bonds is 5. The molecular formula is C11H14BrN3O4. The fourth-order valence-electron chi connectivity index (χ4n) is 1.61. The summed E-state index contributed by atoms with van der Waals surface area (Å²) in [4.78, 5) is 23.1. The average molecular weight is 332 g/mol. The highest BCUT2D eigenvalue weighted by atomic mass is 79.9. The van der Waals surface area contributed by atoms with Crippen LogP contribution in [0.3, 0.4) is 0 Å². The van der Waals surface area contributed by atoms with E-state index in [0.29, 0.717) is 5.69 Å². The van der Waals surface area contributed by atoms with Crippen LogP contribution < -0.4 is 10.9 Å². The van der Waals surface area contributed by atoms with Crippen molar-refractivity contribution in [1.82, 2.24) is 9.78 Å². The Labute approximate surface area is 117 Å². The second-order valence-electron chi connectivity index (χ2n) is 4.47. The lowest BCUT2D eigenvalue weighted by molar-refractivity contribution is -0.141. The van der Waals surface area contributed by atoms with E-state index in [0.717, 1.165) is 17.5 Å². The van der Waals surface area contributed by atoms with Gasteiger partial charge in [-0.25, -0.2) is 4.68 Å². The summed E-state index contributed by atoms with van der Waals surface area (Å²) in [5, 5.41) is 16.2. The molecule has 8 heteroatoms. The van der Waals surface area contributed by atoms with Crippen LogP contribution in [0.15, 0.2) is 15.5 Å². The van der Waals surface area contributed by atoms with Crippen LogP contribution >= 0.6 is 15.9 Å². The summed E-state index contributed by atoms with van der Waals surface area (Å²) in [6.45, 7) is -0.232. The van der Waals surface area contributed by atoms with Crippen molar-refractivity contribution in [3.63, 3.8) is 0 Å². The van der Waals surface area contributed by atoms with Gasteiger partial charge in [-0.15, -0.1) is 0 Å². The van der Waals surface area contributed by atoms with Gasteiger partial charge >= 0.3 is 5.97 Å². The molecule has 1 aromatic rings. The molecule has 1 fully saturated rings. The van der Waals surface area contributed by atoms with Crippen molar-refractivity contribution in [2.75, 3.05) is 19.0 Å². The maximum Gasteiger partial charge on any atom is 0.327 e. The van der Waals surface area contributed by atoms with Crippen LogP contribution in [0.4, 0.5) is 5.69 Å². The Hall–Kier alpha value is -1.41. The molecule has 1 heterocycles. The van der Waals surface area contributed by atoms with Crippen molar-refractivity contribution in [2.45, 2.75) is 24.9 Å². The standard InChI is InChI=1S/C11H14BrN3O4/c1-19-8(17)5-15-10(18)9(12)7(4-13-15)14-11(6-16)2-3-11/h4,14,16H,2-3,5-6H2,1H3. The zero-order valence-electron chi connectivity index (χ0n) is 10.4. The predicted molar refractivity (Wildman–Crippen MR) is 70.9 cm³/mol. The molecular weight excluding hydrogens is 318 g/mol. The van der Waals surface area contributed by atoms with Gasteiger partial charge in [-0.3, -0.25) is 9.59 Å². The van der Waals surface area contributed by atoms with Crippen LogP contribution in [-0.4, -0.2) is 40.1 Å². The number of nitrogens with zero attached hydrogens (tertiary/aromatic N) is 2. The van der Waals surface area contributed by atoms with Gasteiger partial charge in [0, 0.05) is 0 Å². The molecule has 1 aromatic heterocycles. The van der Waals surface area contributed by atoms with E-state index in [2.05, 4.69) is 31.1 Å². The number of carbonyl (C=O) groups is 1. The van der Waals surface area contributed by atoms with Gasteiger partial charge < -0.3 is 15.2 Å². The Morgan fingerprint density at radius 3 is 2.89 bits per heavy atom. The quantitative estimate of drug-likeness (QED) is 0.744. The Balaban J connectivity index is 2.22. The number of esters is 1. The summed E-state index contributed by atoms with van der Waals surface area (Å²) in [7, 11) is 1.25. The van der Waals surface area contributed by atoms with Crippen LogP contribution in [-0.2, 0) is 16.1 Å². The lowest BCUT2D eigenvalue weighted by Gasteiger charge is -2.17. The molecule has 0 aliphatic heterocycles. The van der Waals surface area contributed by atoms with Crippen LogP contribution in [0.2, 0.25) is 0 Å². The first kappa shape index (κ1) is 14.0. The van der Waals surface area contributed by atoms with Gasteiger partial charge in [0.25, 0.3) is 5.56 Å². The second-order valence-corrected chi connectivity index (χ2v) is 5.27. The number of carbonyl (C=O) groups excluding carboxylic acids is 1. The first-order valence-corrected chi connectivity index (χ1v) is 6.52. The molecule has 7 nitrogen and oxygen atoms in total.